The van der Waals surface area contributed by atoms with Gasteiger partial charge in [-0.05, 0) is 26.0 Å². The van der Waals surface area contributed by atoms with Gasteiger partial charge in [-0.3, -0.25) is 0 Å². The van der Waals surface area contributed by atoms with E-state index in [9.17, 15) is 10.2 Å². The second kappa shape index (κ2) is 5.17. The Morgan fingerprint density at radius 2 is 1.94 bits per heavy atom. The van der Waals surface area contributed by atoms with Crippen LogP contribution in [0.1, 0.15) is 19.4 Å². The van der Waals surface area contributed by atoms with E-state index in [0.717, 1.165) is 15.7 Å². The lowest BCUT2D eigenvalue weighted by Crippen LogP contribution is -2.44. The highest BCUT2D eigenvalue weighted by atomic mass is 79.9. The first kappa shape index (κ1) is 13.5. The molecule has 0 aromatic heterocycles. The van der Waals surface area contributed by atoms with Gasteiger partial charge in [0.25, 0.3) is 0 Å². The van der Waals surface area contributed by atoms with Gasteiger partial charge in [0.15, 0.2) is 0 Å². The fraction of sp³-hybridized carbons (Fsp3) is 0.500. The molecule has 1 aromatic rings. The summed E-state index contributed by atoms with van der Waals surface area (Å²) in [7, 11) is 1.91. The molecule has 90 valence electrons. The maximum absolute atomic E-state index is 9.34. The molecule has 0 bridgehead atoms. The molecule has 0 atom stereocenters. The van der Waals surface area contributed by atoms with Crippen LogP contribution < -0.4 is 4.90 Å². The van der Waals surface area contributed by atoms with Crippen LogP contribution in [0.4, 0.5) is 5.69 Å². The first-order chi connectivity index (χ1) is 7.42. The van der Waals surface area contributed by atoms with Gasteiger partial charge < -0.3 is 15.1 Å². The van der Waals surface area contributed by atoms with Crippen LogP contribution in [0.3, 0.4) is 0 Å². The van der Waals surface area contributed by atoms with Crippen molar-refractivity contribution >= 4 is 21.6 Å². The second-order valence-corrected chi connectivity index (χ2v) is 5.38. The van der Waals surface area contributed by atoms with Crippen molar-refractivity contribution in [2.45, 2.75) is 26.0 Å². The average molecular weight is 288 g/mol. The van der Waals surface area contributed by atoms with E-state index in [0.29, 0.717) is 0 Å². The Hall–Kier alpha value is -0.580. The van der Waals surface area contributed by atoms with Gasteiger partial charge in [0.1, 0.15) is 0 Å². The lowest BCUT2D eigenvalue weighted by molar-refractivity contribution is 0.215. The molecule has 1 rings (SSSR count). The number of aliphatic hydroxyl groups is 2. The van der Waals surface area contributed by atoms with Crippen LogP contribution in [-0.2, 0) is 6.61 Å². The molecule has 4 heteroatoms. The van der Waals surface area contributed by atoms with Crippen molar-refractivity contribution < 1.29 is 10.2 Å². The number of hydrogen-bond acceptors (Lipinski definition) is 3. The molecular formula is C12H18BrNO2. The summed E-state index contributed by atoms with van der Waals surface area (Å²) in [6.07, 6.45) is 0. The first-order valence-corrected chi connectivity index (χ1v) is 5.95. The molecule has 0 radical (unpaired) electrons. The van der Waals surface area contributed by atoms with Crippen LogP contribution in [0, 0.1) is 0 Å². The number of rotatable bonds is 4. The Morgan fingerprint density at radius 3 is 2.44 bits per heavy atom. The Bertz CT molecular complexity index is 366. The normalized spacial score (nSPS) is 11.6. The Kier molecular flexibility index (Phi) is 4.35. The maximum Gasteiger partial charge on any atom is 0.0702 e. The van der Waals surface area contributed by atoms with E-state index in [1.54, 1.807) is 0 Å². The minimum Gasteiger partial charge on any atom is -0.394 e. The van der Waals surface area contributed by atoms with Gasteiger partial charge in [0.05, 0.1) is 18.8 Å². The predicted molar refractivity (Wildman–Crippen MR) is 69.6 cm³/mol. The highest BCUT2D eigenvalue weighted by Crippen LogP contribution is 2.29. The van der Waals surface area contributed by atoms with Gasteiger partial charge in [0.2, 0.25) is 0 Å². The summed E-state index contributed by atoms with van der Waals surface area (Å²) in [5.74, 6) is 0. The summed E-state index contributed by atoms with van der Waals surface area (Å²) < 4.78 is 0.959. The van der Waals surface area contributed by atoms with Gasteiger partial charge in [-0.25, -0.2) is 0 Å². The molecule has 1 aromatic carbocycles. The maximum atomic E-state index is 9.34. The predicted octanol–water partition coefficient (Wildman–Crippen LogP) is 2.15. The zero-order valence-corrected chi connectivity index (χ0v) is 11.5. The summed E-state index contributed by atoms with van der Waals surface area (Å²) in [5.41, 5.74) is 1.42. The molecule has 0 aliphatic heterocycles. The van der Waals surface area contributed by atoms with Crippen LogP contribution in [0.2, 0.25) is 0 Å². The first-order valence-electron chi connectivity index (χ1n) is 5.16. The largest absolute Gasteiger partial charge is 0.394 e. The monoisotopic (exact) mass is 287 g/mol. The zero-order chi connectivity index (χ0) is 12.3. The number of hydrogen-bond donors (Lipinski definition) is 2. The molecule has 0 saturated heterocycles. The van der Waals surface area contributed by atoms with Gasteiger partial charge in [-0.1, -0.05) is 22.0 Å². The molecular weight excluding hydrogens is 270 g/mol. The van der Waals surface area contributed by atoms with Crippen molar-refractivity contribution in [3.05, 3.63) is 28.2 Å². The highest BCUT2D eigenvalue weighted by molar-refractivity contribution is 9.10. The SMILES string of the molecule is CN(c1cc(Br)ccc1CO)C(C)(C)CO. The molecule has 0 spiro atoms. The van der Waals surface area contributed by atoms with Crippen LogP contribution in [0.25, 0.3) is 0 Å². The van der Waals surface area contributed by atoms with Crippen LogP contribution in [-0.4, -0.2) is 29.4 Å². The van der Waals surface area contributed by atoms with Crippen molar-refractivity contribution in [2.24, 2.45) is 0 Å². The number of likely N-dealkylation sites (N-methyl/N-ethyl adjacent to an activating group) is 1. The lowest BCUT2D eigenvalue weighted by Gasteiger charge is -2.37. The molecule has 0 saturated carbocycles. The molecule has 0 amide bonds. The number of halogens is 1. The van der Waals surface area contributed by atoms with E-state index in [4.69, 9.17) is 0 Å². The van der Waals surface area contributed by atoms with Crippen molar-refractivity contribution in [2.75, 3.05) is 18.6 Å². The molecule has 0 fully saturated rings. The zero-order valence-electron chi connectivity index (χ0n) is 9.87. The second-order valence-electron chi connectivity index (χ2n) is 4.46. The van der Waals surface area contributed by atoms with Crippen LogP contribution >= 0.6 is 15.9 Å². The third kappa shape index (κ3) is 2.75. The van der Waals surface area contributed by atoms with Gasteiger partial charge in [0, 0.05) is 22.8 Å². The number of aliphatic hydroxyl groups excluding tert-OH is 2. The fourth-order valence-corrected chi connectivity index (χ4v) is 1.76. The van der Waals surface area contributed by atoms with Crippen molar-refractivity contribution in [1.82, 2.24) is 0 Å². The van der Waals surface area contributed by atoms with Crippen LogP contribution in [0.5, 0.6) is 0 Å². The quantitative estimate of drug-likeness (QED) is 0.892. The van der Waals surface area contributed by atoms with E-state index in [-0.39, 0.29) is 18.8 Å². The van der Waals surface area contributed by atoms with E-state index < -0.39 is 0 Å². The van der Waals surface area contributed by atoms with E-state index in [1.807, 2.05) is 44.0 Å². The van der Waals surface area contributed by atoms with Crippen molar-refractivity contribution in [3.63, 3.8) is 0 Å². The Labute approximate surface area is 105 Å². The minimum absolute atomic E-state index is 0.00549. The summed E-state index contributed by atoms with van der Waals surface area (Å²) in [6.45, 7) is 3.96. The number of anilines is 1. The van der Waals surface area contributed by atoms with Crippen LogP contribution in [0.15, 0.2) is 22.7 Å². The van der Waals surface area contributed by atoms with Gasteiger partial charge in [-0.15, -0.1) is 0 Å². The molecule has 3 nitrogen and oxygen atoms in total. The third-order valence-corrected chi connectivity index (χ3v) is 3.37. The van der Waals surface area contributed by atoms with Crippen molar-refractivity contribution in [3.8, 4) is 0 Å². The average Bonchev–Trinajstić information content (AvgIpc) is 2.28. The fourth-order valence-electron chi connectivity index (χ4n) is 1.42. The van der Waals surface area contributed by atoms with Crippen molar-refractivity contribution in [1.29, 1.82) is 0 Å². The molecule has 0 aliphatic rings. The van der Waals surface area contributed by atoms with Gasteiger partial charge >= 0.3 is 0 Å². The minimum atomic E-state index is -0.356. The standard InChI is InChI=1S/C12H18BrNO2/c1-12(2,8-16)14(3)11-6-10(13)5-4-9(11)7-15/h4-6,15-16H,7-8H2,1-3H3. The summed E-state index contributed by atoms with van der Waals surface area (Å²) in [6, 6.07) is 5.72. The molecule has 0 unspecified atom stereocenters. The lowest BCUT2D eigenvalue weighted by atomic mass is 10.0. The summed E-state index contributed by atoms with van der Waals surface area (Å²) >= 11 is 3.41. The molecule has 0 heterocycles. The topological polar surface area (TPSA) is 43.7 Å². The third-order valence-electron chi connectivity index (χ3n) is 2.87. The smallest absolute Gasteiger partial charge is 0.0702 e. The molecule has 0 aliphatic carbocycles. The molecule has 16 heavy (non-hydrogen) atoms. The van der Waals surface area contributed by atoms with Gasteiger partial charge in [-0.2, -0.15) is 0 Å². The van der Waals surface area contributed by atoms with E-state index in [1.165, 1.54) is 0 Å². The molecule has 2 N–H and O–H groups in total. The summed E-state index contributed by atoms with van der Waals surface area (Å²) in [5, 5.41) is 18.6. The van der Waals surface area contributed by atoms with E-state index in [2.05, 4.69) is 15.9 Å². The van der Waals surface area contributed by atoms with E-state index >= 15 is 0 Å². The highest BCUT2D eigenvalue weighted by Gasteiger charge is 2.24. The number of nitrogens with zero attached hydrogens (tertiary/aromatic N) is 1. The Balaban J connectivity index is 3.16. The summed E-state index contributed by atoms with van der Waals surface area (Å²) in [4.78, 5) is 1.98. The Morgan fingerprint density at radius 1 is 1.31 bits per heavy atom. The number of benzene rings is 1.